The van der Waals surface area contributed by atoms with Gasteiger partial charge in [-0.1, -0.05) is 35.3 Å². The van der Waals surface area contributed by atoms with E-state index in [1.807, 2.05) is 0 Å². The lowest BCUT2D eigenvalue weighted by atomic mass is 10.2. The number of rotatable bonds is 3. The lowest BCUT2D eigenvalue weighted by Crippen LogP contribution is -2.23. The number of anilines is 1. The molecular weight excluding hydrogens is 347 g/mol. The first-order valence-corrected chi connectivity index (χ1v) is 8.32. The standard InChI is InChI=1S/C14H8Cl2N2O3S/c15-10-2-1-3-12(14(10)16)22(20,21)18-9-5-4-8-6-13(19)17-11(8)7-9/h1-7,18H. The molecule has 2 aromatic rings. The van der Waals surface area contributed by atoms with Crippen molar-refractivity contribution in [2.24, 2.45) is 4.99 Å². The van der Waals surface area contributed by atoms with Gasteiger partial charge in [-0.3, -0.25) is 9.52 Å². The Morgan fingerprint density at radius 2 is 1.86 bits per heavy atom. The predicted octanol–water partition coefficient (Wildman–Crippen LogP) is 1.73. The van der Waals surface area contributed by atoms with Crippen LogP contribution >= 0.6 is 23.2 Å². The molecule has 1 N–H and O–H groups in total. The minimum atomic E-state index is -3.90. The quantitative estimate of drug-likeness (QED) is 0.911. The van der Waals surface area contributed by atoms with Gasteiger partial charge in [0, 0.05) is 11.3 Å². The van der Waals surface area contributed by atoms with Crippen molar-refractivity contribution in [1.29, 1.82) is 0 Å². The molecule has 22 heavy (non-hydrogen) atoms. The van der Waals surface area contributed by atoms with E-state index in [1.165, 1.54) is 30.3 Å². The van der Waals surface area contributed by atoms with Crippen LogP contribution in [0.15, 0.2) is 46.3 Å². The molecule has 112 valence electrons. The van der Waals surface area contributed by atoms with Gasteiger partial charge < -0.3 is 0 Å². The predicted molar refractivity (Wildman–Crippen MR) is 84.0 cm³/mol. The second-order valence-corrected chi connectivity index (χ2v) is 6.96. The Balaban J connectivity index is 2.02. The van der Waals surface area contributed by atoms with Crippen LogP contribution in [0.25, 0.3) is 6.08 Å². The van der Waals surface area contributed by atoms with Crippen LogP contribution in [0.3, 0.4) is 0 Å². The summed E-state index contributed by atoms with van der Waals surface area (Å²) in [5.74, 6) is -0.368. The van der Waals surface area contributed by atoms with E-state index in [4.69, 9.17) is 23.2 Å². The van der Waals surface area contributed by atoms with E-state index >= 15 is 0 Å². The molecule has 1 aliphatic heterocycles. The maximum atomic E-state index is 12.4. The number of fused-ring (bicyclic) bond motifs is 1. The minimum Gasteiger partial charge on any atom is -0.280 e. The number of halogens is 2. The van der Waals surface area contributed by atoms with Gasteiger partial charge in [0.25, 0.3) is 15.9 Å². The Morgan fingerprint density at radius 3 is 2.64 bits per heavy atom. The largest absolute Gasteiger partial charge is 0.280 e. The first kappa shape index (κ1) is 15.0. The second-order valence-electron chi connectivity index (χ2n) is 4.53. The fourth-order valence-electron chi connectivity index (χ4n) is 2.01. The molecule has 0 atom stereocenters. The van der Waals surface area contributed by atoms with Crippen molar-refractivity contribution in [3.05, 3.63) is 57.0 Å². The molecule has 0 unspecified atom stereocenters. The first-order valence-electron chi connectivity index (χ1n) is 6.08. The summed E-state index contributed by atoms with van der Waals surface area (Å²) in [5, 5.41) is 1.16. The number of nitrogens with one attached hydrogen (secondary N) is 1. The molecule has 0 radical (unpaired) electrons. The van der Waals surface area contributed by atoms with Crippen molar-refractivity contribution in [3.8, 4) is 0 Å². The smallest absolute Gasteiger partial charge is 0.270 e. The zero-order valence-corrected chi connectivity index (χ0v) is 13.2. The van der Waals surface area contributed by atoms with Crippen LogP contribution in [0.5, 0.6) is 0 Å². The van der Waals surface area contributed by atoms with Gasteiger partial charge in [-0.05, 0) is 24.3 Å². The van der Waals surface area contributed by atoms with Crippen LogP contribution in [0.2, 0.25) is 10.0 Å². The van der Waals surface area contributed by atoms with Crippen molar-refractivity contribution in [2.45, 2.75) is 4.90 Å². The monoisotopic (exact) mass is 354 g/mol. The average Bonchev–Trinajstić information content (AvgIpc) is 2.80. The topological polar surface area (TPSA) is 75.6 Å². The fourth-order valence-corrected chi connectivity index (χ4v) is 3.82. The highest BCUT2D eigenvalue weighted by Crippen LogP contribution is 2.29. The van der Waals surface area contributed by atoms with Crippen LogP contribution in [0.4, 0.5) is 5.69 Å². The number of benzene rings is 2. The molecule has 0 bridgehead atoms. The van der Waals surface area contributed by atoms with E-state index in [9.17, 15) is 13.2 Å². The molecule has 3 rings (SSSR count). The lowest BCUT2D eigenvalue weighted by molar-refractivity contribution is -0.112. The molecule has 0 saturated carbocycles. The van der Waals surface area contributed by atoms with Gasteiger partial charge in [0.05, 0.1) is 21.1 Å². The summed E-state index contributed by atoms with van der Waals surface area (Å²) < 4.78 is 27.2. The highest BCUT2D eigenvalue weighted by molar-refractivity contribution is 7.92. The molecule has 0 aromatic heterocycles. The third-order valence-corrected chi connectivity index (χ3v) is 5.35. The van der Waals surface area contributed by atoms with Gasteiger partial charge in [0.2, 0.25) is 0 Å². The molecule has 0 aliphatic carbocycles. The number of nitrogens with zero attached hydrogens (tertiary/aromatic N) is 1. The molecule has 1 heterocycles. The zero-order chi connectivity index (χ0) is 15.9. The third kappa shape index (κ3) is 2.72. The van der Waals surface area contributed by atoms with Gasteiger partial charge in [0.15, 0.2) is 0 Å². The number of sulfonamides is 1. The summed E-state index contributed by atoms with van der Waals surface area (Å²) in [6.07, 6.45) is 1.38. The number of carbonyl (C=O) groups excluding carboxylic acids is 1. The van der Waals surface area contributed by atoms with Crippen LogP contribution in [0.1, 0.15) is 0 Å². The van der Waals surface area contributed by atoms with Crippen molar-refractivity contribution >= 4 is 50.9 Å². The molecule has 5 nitrogen and oxygen atoms in total. The highest BCUT2D eigenvalue weighted by Gasteiger charge is 2.19. The maximum Gasteiger partial charge on any atom is 0.270 e. The summed E-state index contributed by atoms with van der Waals surface area (Å²) >= 11 is 11.8. The van der Waals surface area contributed by atoms with Crippen LogP contribution in [-0.4, -0.2) is 14.3 Å². The molecule has 0 fully saturated rings. The number of hydrogen-bond donors (Lipinski definition) is 1. The Bertz CT molecular complexity index is 1020. The van der Waals surface area contributed by atoms with Crippen molar-refractivity contribution in [3.63, 3.8) is 0 Å². The van der Waals surface area contributed by atoms with Gasteiger partial charge in [-0.25, -0.2) is 13.4 Å². The summed E-state index contributed by atoms with van der Waals surface area (Å²) in [4.78, 5) is 14.9. The SMILES string of the molecule is O=C1C=c2ccc(NS(=O)(=O)c3cccc(Cl)c3Cl)cc2=N1. The molecule has 1 amide bonds. The second kappa shape index (κ2) is 5.39. The van der Waals surface area contributed by atoms with E-state index in [-0.39, 0.29) is 26.5 Å². The van der Waals surface area contributed by atoms with E-state index in [0.717, 1.165) is 0 Å². The van der Waals surface area contributed by atoms with Crippen LogP contribution in [-0.2, 0) is 14.8 Å². The minimum absolute atomic E-state index is 0.0500. The van der Waals surface area contributed by atoms with E-state index in [2.05, 4.69) is 9.71 Å². The normalized spacial score (nSPS) is 13.3. The number of carbonyl (C=O) groups is 1. The van der Waals surface area contributed by atoms with Crippen molar-refractivity contribution in [1.82, 2.24) is 0 Å². The summed E-state index contributed by atoms with van der Waals surface area (Å²) in [6, 6.07) is 8.98. The Morgan fingerprint density at radius 1 is 1.09 bits per heavy atom. The molecule has 2 aromatic carbocycles. The van der Waals surface area contributed by atoms with Crippen LogP contribution in [0, 0.1) is 0 Å². The number of hydrogen-bond acceptors (Lipinski definition) is 3. The molecule has 0 saturated heterocycles. The lowest BCUT2D eigenvalue weighted by Gasteiger charge is -2.10. The molecule has 1 aliphatic rings. The van der Waals surface area contributed by atoms with Crippen molar-refractivity contribution < 1.29 is 13.2 Å². The summed E-state index contributed by atoms with van der Waals surface area (Å²) in [5.41, 5.74) is 0.279. The molecular formula is C14H8Cl2N2O3S. The fraction of sp³-hybridized carbons (Fsp3) is 0. The molecule has 8 heteroatoms. The van der Waals surface area contributed by atoms with Gasteiger partial charge in [-0.15, -0.1) is 0 Å². The summed E-state index contributed by atoms with van der Waals surface area (Å²) in [6.45, 7) is 0. The Hall–Kier alpha value is -1.89. The zero-order valence-electron chi connectivity index (χ0n) is 10.9. The van der Waals surface area contributed by atoms with E-state index < -0.39 is 10.0 Å². The highest BCUT2D eigenvalue weighted by atomic mass is 35.5. The summed E-state index contributed by atoms with van der Waals surface area (Å²) in [7, 11) is -3.90. The average molecular weight is 355 g/mol. The van der Waals surface area contributed by atoms with Gasteiger partial charge in [-0.2, -0.15) is 0 Å². The van der Waals surface area contributed by atoms with Crippen molar-refractivity contribution in [2.75, 3.05) is 4.72 Å². The van der Waals surface area contributed by atoms with Gasteiger partial charge in [0.1, 0.15) is 4.90 Å². The third-order valence-electron chi connectivity index (χ3n) is 3.00. The van der Waals surface area contributed by atoms with Crippen LogP contribution < -0.4 is 15.3 Å². The number of amides is 1. The van der Waals surface area contributed by atoms with Gasteiger partial charge >= 0.3 is 0 Å². The Kier molecular flexibility index (Phi) is 3.68. The maximum absolute atomic E-state index is 12.4. The van der Waals surface area contributed by atoms with E-state index in [1.54, 1.807) is 12.1 Å². The first-order chi connectivity index (χ1) is 10.4. The Labute approximate surface area is 135 Å². The molecule has 0 spiro atoms. The van der Waals surface area contributed by atoms with E-state index in [0.29, 0.717) is 10.6 Å².